The van der Waals surface area contributed by atoms with Crippen LogP contribution in [0.25, 0.3) is 0 Å². The van der Waals surface area contributed by atoms with E-state index in [1.807, 2.05) is 20.8 Å². The van der Waals surface area contributed by atoms with Gasteiger partial charge in [0.25, 0.3) is 0 Å². The van der Waals surface area contributed by atoms with E-state index in [9.17, 15) is 15.3 Å². The van der Waals surface area contributed by atoms with Crippen molar-refractivity contribution in [2.24, 2.45) is 0 Å². The van der Waals surface area contributed by atoms with Crippen molar-refractivity contribution in [1.29, 1.82) is 0 Å². The van der Waals surface area contributed by atoms with E-state index in [1.54, 1.807) is 0 Å². The Morgan fingerprint density at radius 3 is 0.619 bits per heavy atom. The third-order valence-corrected chi connectivity index (χ3v) is 2.20. The minimum atomic E-state index is 0. The quantitative estimate of drug-likeness (QED) is 0.574. The van der Waals surface area contributed by atoms with Crippen LogP contribution in [0.3, 0.4) is 0 Å². The van der Waals surface area contributed by atoms with Crippen LogP contribution in [-0.2, 0) is 0 Å². The monoisotopic (exact) mass is 412 g/mol. The molecule has 21 heavy (non-hydrogen) atoms. The largest absolute Gasteiger partial charge is 3.00 e. The normalized spacial score (nSPS) is 8.00. The van der Waals surface area contributed by atoms with Crippen LogP contribution in [0.4, 0.5) is 0 Å². The van der Waals surface area contributed by atoms with Crippen molar-refractivity contribution in [3.63, 3.8) is 0 Å². The predicted octanol–water partition coefficient (Wildman–Crippen LogP) is 2.26. The van der Waals surface area contributed by atoms with Crippen LogP contribution < -0.4 is 15.3 Å². The van der Waals surface area contributed by atoms with Crippen molar-refractivity contribution in [3.05, 3.63) is 0 Å². The first kappa shape index (κ1) is 33.3. The molecule has 0 aliphatic rings. The molecule has 0 bridgehead atoms. The first-order chi connectivity index (χ1) is 9.66. The summed E-state index contributed by atoms with van der Waals surface area (Å²) in [5, 5.41) is 28.6. The molecule has 4 heteroatoms. The Balaban J connectivity index is -0.0000000533. The Morgan fingerprint density at radius 1 is 0.429 bits per heavy atom. The molecule has 0 amide bonds. The summed E-state index contributed by atoms with van der Waals surface area (Å²) in [6, 6.07) is 0. The molecule has 3 nitrogen and oxygen atoms in total. The van der Waals surface area contributed by atoms with Gasteiger partial charge in [-0.05, 0) is 0 Å². The molecular formula is C17H39O3Sb. The smallest absolute Gasteiger partial charge is 0.854 e. The van der Waals surface area contributed by atoms with Gasteiger partial charge in [0.15, 0.2) is 0 Å². The summed E-state index contributed by atoms with van der Waals surface area (Å²) in [6.07, 6.45) is 9.67. The predicted molar refractivity (Wildman–Crippen MR) is 90.3 cm³/mol. The zero-order chi connectivity index (χ0) is 16.5. The second kappa shape index (κ2) is 49.8. The number of hydrogen-bond donors (Lipinski definition) is 0. The topological polar surface area (TPSA) is 69.2 Å². The molecule has 0 fully saturated rings. The van der Waals surface area contributed by atoms with Crippen LogP contribution in [0.15, 0.2) is 0 Å². The van der Waals surface area contributed by atoms with Crippen LogP contribution >= 0.6 is 0 Å². The molecule has 0 saturated carbocycles. The molecule has 0 aromatic heterocycles. The minimum Gasteiger partial charge on any atom is -0.854 e. The van der Waals surface area contributed by atoms with Crippen molar-refractivity contribution in [3.8, 4) is 0 Å². The third kappa shape index (κ3) is 95.6. The van der Waals surface area contributed by atoms with Gasteiger partial charge in [0.05, 0.1) is 0 Å². The average Bonchev–Trinajstić information content (AvgIpc) is 2.44. The summed E-state index contributed by atoms with van der Waals surface area (Å²) in [5.74, 6) is 0. The summed E-state index contributed by atoms with van der Waals surface area (Å²) in [5.41, 5.74) is 0. The van der Waals surface area contributed by atoms with Crippen LogP contribution in [-0.4, -0.2) is 44.2 Å². The van der Waals surface area contributed by atoms with Gasteiger partial charge in [0.2, 0.25) is 0 Å². The van der Waals surface area contributed by atoms with Gasteiger partial charge in [-0.2, -0.15) is 0 Å². The van der Waals surface area contributed by atoms with Gasteiger partial charge in [0, 0.05) is 0 Å². The SMILES string of the molecule is CCCCC.CCCC[O-].CCCC[O-].CCCC[O-].[Sb+3]. The van der Waals surface area contributed by atoms with Crippen LogP contribution in [0.1, 0.15) is 92.4 Å². The summed E-state index contributed by atoms with van der Waals surface area (Å²) in [6.45, 7) is 10.7. The minimum absolute atomic E-state index is 0. The molecule has 0 rings (SSSR count). The van der Waals surface area contributed by atoms with Gasteiger partial charge >= 0.3 is 24.4 Å². The Kier molecular flexibility index (Phi) is 79.1. The molecule has 0 aliphatic heterocycles. The second-order valence-electron chi connectivity index (χ2n) is 4.53. The Bertz CT molecular complexity index is 72.0. The van der Waals surface area contributed by atoms with Crippen molar-refractivity contribution < 1.29 is 15.3 Å². The fraction of sp³-hybridized carbons (Fsp3) is 1.00. The van der Waals surface area contributed by atoms with Gasteiger partial charge in [-0.3, -0.25) is 0 Å². The maximum Gasteiger partial charge on any atom is 3.00 e. The van der Waals surface area contributed by atoms with Crippen molar-refractivity contribution in [2.75, 3.05) is 19.8 Å². The zero-order valence-corrected chi connectivity index (χ0v) is 17.7. The van der Waals surface area contributed by atoms with Crippen molar-refractivity contribution in [2.45, 2.75) is 92.4 Å². The summed E-state index contributed by atoms with van der Waals surface area (Å²) >= 11 is 0. The van der Waals surface area contributed by atoms with E-state index < -0.39 is 0 Å². The molecule has 0 unspecified atom stereocenters. The van der Waals surface area contributed by atoms with Crippen molar-refractivity contribution >= 4 is 24.4 Å². The number of hydrogen-bond acceptors (Lipinski definition) is 3. The molecule has 130 valence electrons. The van der Waals surface area contributed by atoms with E-state index in [0.717, 1.165) is 38.5 Å². The van der Waals surface area contributed by atoms with E-state index in [4.69, 9.17) is 0 Å². The molecule has 0 heterocycles. The van der Waals surface area contributed by atoms with Crippen molar-refractivity contribution in [1.82, 2.24) is 0 Å². The number of rotatable bonds is 8. The zero-order valence-electron chi connectivity index (χ0n) is 15.2. The number of unbranched alkanes of at least 4 members (excludes halogenated alkanes) is 5. The van der Waals surface area contributed by atoms with Gasteiger partial charge in [-0.25, -0.2) is 0 Å². The van der Waals surface area contributed by atoms with Crippen LogP contribution in [0.2, 0.25) is 0 Å². The molecule has 0 N–H and O–H groups in total. The molecule has 0 saturated heterocycles. The Labute approximate surface area is 152 Å². The van der Waals surface area contributed by atoms with Crippen LogP contribution in [0, 0.1) is 0 Å². The summed E-state index contributed by atoms with van der Waals surface area (Å²) < 4.78 is 0. The fourth-order valence-corrected chi connectivity index (χ4v) is 0.787. The Hall–Kier alpha value is 0.698. The molecule has 0 aliphatic carbocycles. The van der Waals surface area contributed by atoms with E-state index in [-0.39, 0.29) is 44.2 Å². The molecule has 0 atom stereocenters. The van der Waals surface area contributed by atoms with Gasteiger partial charge in [-0.1, -0.05) is 92.4 Å². The maximum atomic E-state index is 9.53. The average molecular weight is 413 g/mol. The molecule has 0 aromatic carbocycles. The van der Waals surface area contributed by atoms with E-state index in [0.29, 0.717) is 0 Å². The fourth-order valence-electron chi connectivity index (χ4n) is 0.787. The standard InChI is InChI=1S/C5H12.3C4H9O.Sb/c1-3-5-4-2;3*1-2-3-4-5;/h3-5H2,1-2H3;3*2-4H2,1H3;/q;3*-1;+3. The molecule has 0 spiro atoms. The van der Waals surface area contributed by atoms with Gasteiger partial charge in [0.1, 0.15) is 0 Å². The first-order valence-corrected chi connectivity index (χ1v) is 8.40. The van der Waals surface area contributed by atoms with E-state index >= 15 is 0 Å². The van der Waals surface area contributed by atoms with E-state index in [1.165, 1.54) is 19.3 Å². The molecule has 2 radical (unpaired) electrons. The van der Waals surface area contributed by atoms with Gasteiger partial charge in [-0.15, -0.1) is 19.8 Å². The summed E-state index contributed by atoms with van der Waals surface area (Å²) in [4.78, 5) is 0. The second-order valence-corrected chi connectivity index (χ2v) is 4.53. The summed E-state index contributed by atoms with van der Waals surface area (Å²) in [7, 11) is 0. The maximum absolute atomic E-state index is 9.53. The van der Waals surface area contributed by atoms with E-state index in [2.05, 4.69) is 13.8 Å². The third-order valence-electron chi connectivity index (χ3n) is 2.20. The van der Waals surface area contributed by atoms with Gasteiger partial charge < -0.3 is 15.3 Å². The first-order valence-electron chi connectivity index (χ1n) is 8.40. The molecular weight excluding hydrogens is 374 g/mol. The molecule has 0 aromatic rings. The Morgan fingerprint density at radius 2 is 0.619 bits per heavy atom. The van der Waals surface area contributed by atoms with Crippen LogP contribution in [0.5, 0.6) is 0 Å².